The number of halogens is 1. The first-order chi connectivity index (χ1) is 10.6. The van der Waals surface area contributed by atoms with Crippen molar-refractivity contribution in [2.75, 3.05) is 25.3 Å². The second kappa shape index (κ2) is 6.84. The number of nitrogens with zero attached hydrogens (tertiary/aromatic N) is 1. The monoisotopic (exact) mass is 426 g/mol. The summed E-state index contributed by atoms with van der Waals surface area (Å²) in [5, 5.41) is 7.68. The molecule has 5 nitrogen and oxygen atoms in total. The highest BCUT2D eigenvalue weighted by atomic mass is 127. The normalized spacial score (nSPS) is 21.6. The first kappa shape index (κ1) is 17.7. The van der Waals surface area contributed by atoms with E-state index >= 15 is 0 Å². The number of ether oxygens (including phenoxy) is 2. The molecule has 1 amide bonds. The Labute approximate surface area is 152 Å². The zero-order valence-corrected chi connectivity index (χ0v) is 15.4. The maximum atomic E-state index is 12.9. The van der Waals surface area contributed by atoms with Gasteiger partial charge in [0, 0.05) is 12.7 Å². The minimum atomic E-state index is -0.870. The van der Waals surface area contributed by atoms with Crippen molar-refractivity contribution in [1.82, 2.24) is 0 Å². The van der Waals surface area contributed by atoms with Crippen LogP contribution >= 0.6 is 24.0 Å². The van der Waals surface area contributed by atoms with Crippen molar-refractivity contribution in [3.8, 4) is 5.75 Å². The molecule has 1 aromatic rings. The minimum Gasteiger partial charge on any atom is -0.494 e. The van der Waals surface area contributed by atoms with Crippen LogP contribution in [0.5, 0.6) is 5.75 Å². The average Bonchev–Trinajstić information content (AvgIpc) is 2.74. The van der Waals surface area contributed by atoms with Crippen molar-refractivity contribution in [2.24, 2.45) is 0 Å². The molecule has 1 aromatic carbocycles. The summed E-state index contributed by atoms with van der Waals surface area (Å²) in [5.41, 5.74) is 1.19. The van der Waals surface area contributed by atoms with Gasteiger partial charge in [0.05, 0.1) is 18.0 Å². The maximum absolute atomic E-state index is 12.9. The fraction of sp³-hybridized carbons (Fsp3) is 0.294. The van der Waals surface area contributed by atoms with Crippen molar-refractivity contribution in [3.05, 3.63) is 48.1 Å². The van der Waals surface area contributed by atoms with Gasteiger partial charge < -0.3 is 14.9 Å². The fourth-order valence-corrected chi connectivity index (χ4v) is 2.92. The number of carbonyl (C=O) groups is 1. The lowest BCUT2D eigenvalue weighted by Crippen LogP contribution is -2.39. The quantitative estimate of drug-likeness (QED) is 0.754. The third kappa shape index (κ3) is 2.81. The lowest BCUT2D eigenvalue weighted by Gasteiger charge is -2.24. The zero-order chi connectivity index (χ0) is 15.7. The van der Waals surface area contributed by atoms with Crippen LogP contribution in [0.1, 0.15) is 12.5 Å². The zero-order valence-electron chi connectivity index (χ0n) is 13.0. The van der Waals surface area contributed by atoms with Crippen LogP contribution in [0.15, 0.2) is 42.5 Å². The second-order valence-electron chi connectivity index (χ2n) is 5.25. The number of anilines is 1. The van der Waals surface area contributed by atoms with E-state index in [1.54, 1.807) is 36.3 Å². The van der Waals surface area contributed by atoms with Gasteiger partial charge in [-0.25, -0.2) is 0 Å². The standard InChI is InChI=1S/C17H18N2O3.HI/c1-3-22-13-4-5-15-14(10-13)17(8-6-12(18)7-9-17)16(20)19(15)11-21-2;/h4-10,18H,3,11H2,1-2H3;1H. The number of hydrogen-bond acceptors (Lipinski definition) is 4. The molecule has 2 aliphatic rings. The van der Waals surface area contributed by atoms with E-state index in [0.29, 0.717) is 12.3 Å². The number of hydrogen-bond donors (Lipinski definition) is 1. The lowest BCUT2D eigenvalue weighted by atomic mass is 9.78. The smallest absolute Gasteiger partial charge is 0.247 e. The molecule has 6 heteroatoms. The predicted octanol–water partition coefficient (Wildman–Crippen LogP) is 3.04. The Morgan fingerprint density at radius 2 is 1.96 bits per heavy atom. The van der Waals surface area contributed by atoms with Crippen molar-refractivity contribution in [2.45, 2.75) is 12.3 Å². The van der Waals surface area contributed by atoms with Crippen LogP contribution in [0, 0.1) is 5.41 Å². The summed E-state index contributed by atoms with van der Waals surface area (Å²) in [6.07, 6.45) is 6.88. The average molecular weight is 426 g/mol. The molecule has 0 aromatic heterocycles. The Balaban J connectivity index is 0.00000192. The van der Waals surface area contributed by atoms with E-state index < -0.39 is 5.41 Å². The molecule has 0 bridgehead atoms. The predicted molar refractivity (Wildman–Crippen MR) is 100 cm³/mol. The number of nitrogens with one attached hydrogen (secondary N) is 1. The summed E-state index contributed by atoms with van der Waals surface area (Å²) >= 11 is 0. The van der Waals surface area contributed by atoms with Gasteiger partial charge in [-0.1, -0.05) is 12.2 Å². The maximum Gasteiger partial charge on any atom is 0.247 e. The number of benzene rings is 1. The summed E-state index contributed by atoms with van der Waals surface area (Å²) in [5.74, 6) is 0.660. The molecule has 1 aliphatic heterocycles. The van der Waals surface area contributed by atoms with Crippen LogP contribution in [0.3, 0.4) is 0 Å². The van der Waals surface area contributed by atoms with E-state index in [9.17, 15) is 4.79 Å². The van der Waals surface area contributed by atoms with Gasteiger partial charge in [-0.05, 0) is 37.3 Å². The van der Waals surface area contributed by atoms with E-state index in [0.717, 1.165) is 17.0 Å². The number of fused-ring (bicyclic) bond motifs is 2. The number of allylic oxidation sites excluding steroid dienone is 2. The van der Waals surface area contributed by atoms with Crippen molar-refractivity contribution < 1.29 is 14.3 Å². The highest BCUT2D eigenvalue weighted by Gasteiger charge is 2.48. The van der Waals surface area contributed by atoms with Crippen LogP contribution in [-0.4, -0.2) is 32.1 Å². The van der Waals surface area contributed by atoms with Crippen LogP contribution in [0.4, 0.5) is 5.69 Å². The summed E-state index contributed by atoms with van der Waals surface area (Å²) in [4.78, 5) is 14.6. The van der Waals surface area contributed by atoms with Gasteiger partial charge in [-0.2, -0.15) is 0 Å². The van der Waals surface area contributed by atoms with Gasteiger partial charge in [0.15, 0.2) is 0 Å². The minimum absolute atomic E-state index is 0. The first-order valence-electron chi connectivity index (χ1n) is 7.17. The van der Waals surface area contributed by atoms with Crippen LogP contribution in [0.2, 0.25) is 0 Å². The Morgan fingerprint density at radius 3 is 2.57 bits per heavy atom. The topological polar surface area (TPSA) is 62.6 Å². The van der Waals surface area contributed by atoms with Gasteiger partial charge >= 0.3 is 0 Å². The Kier molecular flexibility index (Phi) is 5.26. The lowest BCUT2D eigenvalue weighted by molar-refractivity contribution is -0.121. The molecule has 0 unspecified atom stereocenters. The van der Waals surface area contributed by atoms with Crippen molar-refractivity contribution in [3.63, 3.8) is 0 Å². The van der Waals surface area contributed by atoms with E-state index in [-0.39, 0.29) is 36.6 Å². The molecule has 122 valence electrons. The van der Waals surface area contributed by atoms with Gasteiger partial charge in [0.2, 0.25) is 5.91 Å². The third-order valence-corrected chi connectivity index (χ3v) is 3.92. The van der Waals surface area contributed by atoms with Crippen LogP contribution < -0.4 is 9.64 Å². The summed E-state index contributed by atoms with van der Waals surface area (Å²) < 4.78 is 10.7. The second-order valence-corrected chi connectivity index (χ2v) is 5.25. The number of carbonyl (C=O) groups excluding carboxylic acids is 1. The number of amides is 1. The molecule has 0 atom stereocenters. The first-order valence-corrected chi connectivity index (χ1v) is 7.17. The fourth-order valence-electron chi connectivity index (χ4n) is 2.92. The Hall–Kier alpha value is -1.67. The van der Waals surface area contributed by atoms with Gasteiger partial charge in [0.25, 0.3) is 0 Å². The van der Waals surface area contributed by atoms with E-state index in [2.05, 4.69) is 0 Å². The van der Waals surface area contributed by atoms with Gasteiger partial charge in [-0.15, -0.1) is 24.0 Å². The molecule has 1 N–H and O–H groups in total. The molecule has 0 fully saturated rings. The molecule has 0 saturated carbocycles. The molecule has 0 radical (unpaired) electrons. The van der Waals surface area contributed by atoms with Crippen molar-refractivity contribution in [1.29, 1.82) is 5.41 Å². The molecule has 1 heterocycles. The molecule has 3 rings (SSSR count). The van der Waals surface area contributed by atoms with E-state index in [1.165, 1.54) is 0 Å². The van der Waals surface area contributed by atoms with Crippen molar-refractivity contribution >= 4 is 41.3 Å². The summed E-state index contributed by atoms with van der Waals surface area (Å²) in [6, 6.07) is 5.64. The number of rotatable bonds is 4. The van der Waals surface area contributed by atoms with Gasteiger partial charge in [0.1, 0.15) is 17.9 Å². The highest BCUT2D eigenvalue weighted by molar-refractivity contribution is 14.0. The molecule has 1 spiro atoms. The Morgan fingerprint density at radius 1 is 1.26 bits per heavy atom. The summed E-state index contributed by atoms with van der Waals surface area (Å²) in [7, 11) is 1.56. The van der Waals surface area contributed by atoms with Crippen LogP contribution in [-0.2, 0) is 14.9 Å². The Bertz CT molecular complexity index is 681. The van der Waals surface area contributed by atoms with Gasteiger partial charge in [-0.3, -0.25) is 9.69 Å². The largest absolute Gasteiger partial charge is 0.494 e. The molecule has 1 aliphatic carbocycles. The van der Waals surface area contributed by atoms with E-state index in [1.807, 2.05) is 25.1 Å². The van der Waals surface area contributed by atoms with E-state index in [4.69, 9.17) is 14.9 Å². The molecular weight excluding hydrogens is 407 g/mol. The molecular formula is C17H19IN2O3. The highest BCUT2D eigenvalue weighted by Crippen LogP contribution is 2.46. The van der Waals surface area contributed by atoms with Crippen LogP contribution in [0.25, 0.3) is 0 Å². The number of methoxy groups -OCH3 is 1. The molecule has 23 heavy (non-hydrogen) atoms. The SMILES string of the molecule is CCOc1ccc2c(c1)C1(C=CC(=N)C=C1)C(=O)N2COC.I. The molecule has 0 saturated heterocycles. The summed E-state index contributed by atoms with van der Waals surface area (Å²) in [6.45, 7) is 2.69. The third-order valence-electron chi connectivity index (χ3n) is 3.92.